The number of rotatable bonds is 2. The number of nitrogens with one attached hydrogen (secondary N) is 1. The van der Waals surface area contributed by atoms with E-state index in [4.69, 9.17) is 9.47 Å². The largest absolute Gasteiger partial charge is 0.493 e. The lowest BCUT2D eigenvalue weighted by Gasteiger charge is -2.23. The van der Waals surface area contributed by atoms with E-state index in [9.17, 15) is 4.79 Å². The molecular formula is C18H18N2O3. The summed E-state index contributed by atoms with van der Waals surface area (Å²) in [5.41, 5.74) is 2.13. The molecule has 0 aliphatic carbocycles. The summed E-state index contributed by atoms with van der Waals surface area (Å²) in [5.74, 6) is 3.60. The molecule has 1 aromatic heterocycles. The predicted octanol–water partition coefficient (Wildman–Crippen LogP) is 3.33. The van der Waals surface area contributed by atoms with Crippen molar-refractivity contribution >= 4 is 11.7 Å². The highest BCUT2D eigenvalue weighted by Crippen LogP contribution is 2.35. The van der Waals surface area contributed by atoms with Gasteiger partial charge in [0, 0.05) is 18.2 Å². The maximum Gasteiger partial charge on any atom is 0.225 e. The molecule has 5 heteroatoms. The van der Waals surface area contributed by atoms with Gasteiger partial charge in [-0.3, -0.25) is 4.79 Å². The molecule has 3 heterocycles. The van der Waals surface area contributed by atoms with Crippen LogP contribution in [0.3, 0.4) is 0 Å². The fraction of sp³-hybridized carbons (Fsp3) is 0.333. The maximum atomic E-state index is 11.5. The van der Waals surface area contributed by atoms with Gasteiger partial charge in [-0.15, -0.1) is 0 Å². The number of hydrogen-bond donors (Lipinski definition) is 1. The molecule has 23 heavy (non-hydrogen) atoms. The Morgan fingerprint density at radius 1 is 1.30 bits per heavy atom. The van der Waals surface area contributed by atoms with Gasteiger partial charge in [-0.1, -0.05) is 6.92 Å². The average Bonchev–Trinajstić information content (AvgIpc) is 2.54. The Morgan fingerprint density at radius 3 is 3.13 bits per heavy atom. The van der Waals surface area contributed by atoms with Gasteiger partial charge in [-0.2, -0.15) is 0 Å². The van der Waals surface area contributed by atoms with E-state index in [2.05, 4.69) is 17.2 Å². The van der Waals surface area contributed by atoms with Gasteiger partial charge in [0.05, 0.1) is 6.61 Å². The Hall–Kier alpha value is -2.56. The number of fused-ring (bicyclic) bond motifs is 2. The van der Waals surface area contributed by atoms with Crippen LogP contribution in [-0.4, -0.2) is 17.5 Å². The minimum atomic E-state index is 0.00191. The number of anilines is 1. The molecule has 118 valence electrons. The number of ether oxygens (including phenoxy) is 2. The molecule has 0 radical (unpaired) electrons. The van der Waals surface area contributed by atoms with E-state index >= 15 is 0 Å². The van der Waals surface area contributed by atoms with Crippen LogP contribution in [-0.2, 0) is 17.6 Å². The fourth-order valence-electron chi connectivity index (χ4n) is 3.07. The van der Waals surface area contributed by atoms with E-state index in [1.54, 1.807) is 6.20 Å². The van der Waals surface area contributed by atoms with Crippen molar-refractivity contribution in [3.05, 3.63) is 41.6 Å². The first kappa shape index (κ1) is 14.1. The van der Waals surface area contributed by atoms with Gasteiger partial charge in [-0.25, -0.2) is 4.98 Å². The molecule has 0 saturated heterocycles. The zero-order valence-corrected chi connectivity index (χ0v) is 13.0. The van der Waals surface area contributed by atoms with Gasteiger partial charge in [0.25, 0.3) is 0 Å². The number of carbonyl (C=O) groups is 1. The molecule has 5 nitrogen and oxygen atoms in total. The summed E-state index contributed by atoms with van der Waals surface area (Å²) < 4.78 is 11.8. The topological polar surface area (TPSA) is 60.5 Å². The van der Waals surface area contributed by atoms with Crippen molar-refractivity contribution in [3.8, 4) is 17.2 Å². The summed E-state index contributed by atoms with van der Waals surface area (Å²) in [6.07, 6.45) is 3.76. The molecule has 0 fully saturated rings. The van der Waals surface area contributed by atoms with E-state index in [0.717, 1.165) is 35.8 Å². The molecule has 2 aliphatic heterocycles. The first-order chi connectivity index (χ1) is 11.2. The summed E-state index contributed by atoms with van der Waals surface area (Å²) in [6, 6.07) is 7.77. The monoisotopic (exact) mass is 310 g/mol. The second-order valence-electron chi connectivity index (χ2n) is 6.18. The summed E-state index contributed by atoms with van der Waals surface area (Å²) in [7, 11) is 0. The van der Waals surface area contributed by atoms with Crippen LogP contribution in [0, 0.1) is 5.92 Å². The normalized spacial score (nSPS) is 19.2. The van der Waals surface area contributed by atoms with Crippen LogP contribution in [0.2, 0.25) is 0 Å². The van der Waals surface area contributed by atoms with Crippen molar-refractivity contribution in [1.29, 1.82) is 0 Å². The summed E-state index contributed by atoms with van der Waals surface area (Å²) in [6.45, 7) is 2.95. The van der Waals surface area contributed by atoms with Crippen LogP contribution >= 0.6 is 0 Å². The zero-order chi connectivity index (χ0) is 15.8. The maximum absolute atomic E-state index is 11.5. The lowest BCUT2D eigenvalue weighted by molar-refractivity contribution is -0.116. The SMILES string of the molecule is CC1COc2ccc(Oc3ccnc4c3CCC(=O)N4)cc2C1. The Balaban J connectivity index is 1.63. The van der Waals surface area contributed by atoms with Crippen molar-refractivity contribution in [2.75, 3.05) is 11.9 Å². The Labute approximate surface area is 134 Å². The highest BCUT2D eigenvalue weighted by molar-refractivity contribution is 5.93. The fourth-order valence-corrected chi connectivity index (χ4v) is 3.07. The molecule has 1 amide bonds. The molecule has 1 unspecified atom stereocenters. The van der Waals surface area contributed by atoms with Crippen LogP contribution in [0.15, 0.2) is 30.5 Å². The van der Waals surface area contributed by atoms with Crippen molar-refractivity contribution < 1.29 is 14.3 Å². The third-order valence-electron chi connectivity index (χ3n) is 4.22. The molecular weight excluding hydrogens is 292 g/mol. The van der Waals surface area contributed by atoms with Crippen molar-refractivity contribution in [2.24, 2.45) is 5.92 Å². The smallest absolute Gasteiger partial charge is 0.225 e. The van der Waals surface area contributed by atoms with Gasteiger partial charge in [0.15, 0.2) is 0 Å². The predicted molar refractivity (Wildman–Crippen MR) is 86.1 cm³/mol. The molecule has 0 bridgehead atoms. The van der Waals surface area contributed by atoms with Gasteiger partial charge in [0.1, 0.15) is 23.1 Å². The first-order valence-electron chi connectivity index (χ1n) is 7.90. The minimum absolute atomic E-state index is 0.00191. The first-order valence-corrected chi connectivity index (χ1v) is 7.90. The quantitative estimate of drug-likeness (QED) is 0.924. The van der Waals surface area contributed by atoms with Crippen LogP contribution in [0.25, 0.3) is 0 Å². The summed E-state index contributed by atoms with van der Waals surface area (Å²) in [5, 5.41) is 2.79. The van der Waals surface area contributed by atoms with Crippen LogP contribution in [0.1, 0.15) is 24.5 Å². The standard InChI is InChI=1S/C18H18N2O3/c1-11-8-12-9-13(2-4-15(12)22-10-11)23-16-6-7-19-18-14(16)3-5-17(21)20-18/h2,4,6-7,9,11H,3,5,8,10H2,1H3,(H,19,20,21). The summed E-state index contributed by atoms with van der Waals surface area (Å²) in [4.78, 5) is 15.7. The van der Waals surface area contributed by atoms with Crippen molar-refractivity contribution in [2.45, 2.75) is 26.2 Å². The van der Waals surface area contributed by atoms with Crippen molar-refractivity contribution in [3.63, 3.8) is 0 Å². The van der Waals surface area contributed by atoms with E-state index in [0.29, 0.717) is 24.6 Å². The number of amides is 1. The lowest BCUT2D eigenvalue weighted by Crippen LogP contribution is -2.20. The number of aromatic nitrogens is 1. The van der Waals surface area contributed by atoms with E-state index in [1.807, 2.05) is 24.3 Å². The second kappa shape index (κ2) is 5.57. The van der Waals surface area contributed by atoms with Gasteiger partial charge < -0.3 is 14.8 Å². The van der Waals surface area contributed by atoms with E-state index < -0.39 is 0 Å². The molecule has 4 rings (SSSR count). The molecule has 0 spiro atoms. The number of benzene rings is 1. The lowest BCUT2D eigenvalue weighted by atomic mass is 9.98. The number of nitrogens with zero attached hydrogens (tertiary/aromatic N) is 1. The Morgan fingerprint density at radius 2 is 2.22 bits per heavy atom. The highest BCUT2D eigenvalue weighted by Gasteiger charge is 2.21. The summed E-state index contributed by atoms with van der Waals surface area (Å²) >= 11 is 0. The average molecular weight is 310 g/mol. The number of pyridine rings is 1. The van der Waals surface area contributed by atoms with Gasteiger partial charge >= 0.3 is 0 Å². The zero-order valence-electron chi connectivity index (χ0n) is 13.0. The van der Waals surface area contributed by atoms with E-state index in [-0.39, 0.29) is 5.91 Å². The minimum Gasteiger partial charge on any atom is -0.493 e. The third-order valence-corrected chi connectivity index (χ3v) is 4.22. The molecule has 2 aromatic rings. The number of carbonyl (C=O) groups excluding carboxylic acids is 1. The van der Waals surface area contributed by atoms with Crippen LogP contribution < -0.4 is 14.8 Å². The molecule has 1 atom stereocenters. The molecule has 1 aromatic carbocycles. The van der Waals surface area contributed by atoms with Crippen molar-refractivity contribution in [1.82, 2.24) is 4.98 Å². The number of hydrogen-bond acceptors (Lipinski definition) is 4. The van der Waals surface area contributed by atoms with Crippen LogP contribution in [0.5, 0.6) is 17.2 Å². The second-order valence-corrected chi connectivity index (χ2v) is 6.18. The highest BCUT2D eigenvalue weighted by atomic mass is 16.5. The van der Waals surface area contributed by atoms with E-state index in [1.165, 1.54) is 5.56 Å². The van der Waals surface area contributed by atoms with Crippen LogP contribution in [0.4, 0.5) is 5.82 Å². The molecule has 1 N–H and O–H groups in total. The Kier molecular flexibility index (Phi) is 3.41. The molecule has 2 aliphatic rings. The third kappa shape index (κ3) is 2.74. The van der Waals surface area contributed by atoms with Gasteiger partial charge in [0.2, 0.25) is 5.91 Å². The van der Waals surface area contributed by atoms with Gasteiger partial charge in [-0.05, 0) is 48.6 Å². The Bertz CT molecular complexity index is 773. The molecule has 0 saturated carbocycles.